The number of nitriles is 2. The molecule has 0 spiro atoms. The Morgan fingerprint density at radius 3 is 1.78 bits per heavy atom. The summed E-state index contributed by atoms with van der Waals surface area (Å²) in [6.07, 6.45) is -4.07. The Morgan fingerprint density at radius 2 is 1.30 bits per heavy atom. The molecule has 1 aliphatic heterocycles. The minimum Gasteiger partial charge on any atom is -0.459 e. The third kappa shape index (κ3) is 8.73. The average Bonchev–Trinajstić information content (AvgIpc) is 3.36. The number of hydrogen-bond donors (Lipinski definition) is 0. The van der Waals surface area contributed by atoms with Crippen LogP contribution in [0, 0.1) is 43.4 Å². The summed E-state index contributed by atoms with van der Waals surface area (Å²) in [5.41, 5.74) is 1.10. The van der Waals surface area contributed by atoms with Crippen molar-refractivity contribution in [2.24, 2.45) is 0 Å². The monoisotopic (exact) mass is 679 g/mol. The third-order valence-corrected chi connectivity index (χ3v) is 7.97. The molecule has 0 aliphatic carbocycles. The van der Waals surface area contributed by atoms with Gasteiger partial charge in [-0.25, -0.2) is 19.2 Å². The molecule has 1 unspecified atom stereocenters. The quantitative estimate of drug-likeness (QED) is 0.105. The largest absolute Gasteiger partial charge is 0.459 e. The first kappa shape index (κ1) is 36.8. The van der Waals surface area contributed by atoms with Crippen molar-refractivity contribution in [1.82, 2.24) is 4.90 Å². The first-order chi connectivity index (χ1) is 23.9. The smallest absolute Gasteiger partial charge is 0.414 e. The van der Waals surface area contributed by atoms with Gasteiger partial charge >= 0.3 is 24.0 Å². The van der Waals surface area contributed by atoms with Crippen LogP contribution in [0.2, 0.25) is 0 Å². The molecule has 0 bridgehead atoms. The van der Waals surface area contributed by atoms with Crippen molar-refractivity contribution in [2.45, 2.75) is 58.5 Å². The molecule has 0 aromatic heterocycles. The molecule has 1 fully saturated rings. The van der Waals surface area contributed by atoms with Gasteiger partial charge in [-0.15, -0.1) is 0 Å². The predicted molar refractivity (Wildman–Crippen MR) is 179 cm³/mol. The number of ether oxygens (including phenoxy) is 5. The summed E-state index contributed by atoms with van der Waals surface area (Å²) in [4.78, 5) is 53.9. The van der Waals surface area contributed by atoms with Crippen LogP contribution in [0.1, 0.15) is 61.6 Å². The second-order valence-corrected chi connectivity index (χ2v) is 11.8. The highest BCUT2D eigenvalue weighted by atomic mass is 16.7. The van der Waals surface area contributed by atoms with Crippen LogP contribution in [0.15, 0.2) is 84.6 Å². The molecular weight excluding hydrogens is 642 g/mol. The van der Waals surface area contributed by atoms with Gasteiger partial charge in [-0.1, -0.05) is 53.1 Å². The van der Waals surface area contributed by atoms with Crippen LogP contribution >= 0.6 is 0 Å². The SMILES string of the molecule is CCOC(=O)N(C=C(C#N)[C@H]1OC(COC(=O)c2ccc(C)cc2)[C@@H](OC(=O)c2ccc(C)cc2)[C@@]1(C)OC(=O)c1ccc(C)cc1)CC#N. The second kappa shape index (κ2) is 16.4. The Kier molecular flexibility index (Phi) is 12.1. The standard InChI is InChI=1S/C38H37N3O9/c1-6-46-37(45)41(20-19-39)22-30(21-40)32-38(5,50-36(44)29-17-11-26(4)12-18-29)33(49-35(43)28-15-9-25(3)10-16-28)31(48-32)23-47-34(42)27-13-7-24(2)8-14-27/h7-18,22,31-33H,6,20,23H2,1-5H3/t31?,32-,33-,38+/m1/s1. The molecule has 0 radical (unpaired) electrons. The molecule has 12 heteroatoms. The Morgan fingerprint density at radius 1 is 0.800 bits per heavy atom. The van der Waals surface area contributed by atoms with Crippen LogP contribution in [0.5, 0.6) is 0 Å². The van der Waals surface area contributed by atoms with Gasteiger partial charge in [-0.3, -0.25) is 4.90 Å². The normalized spacial score (nSPS) is 19.7. The van der Waals surface area contributed by atoms with E-state index in [-0.39, 0.29) is 28.9 Å². The van der Waals surface area contributed by atoms with Crippen molar-refractivity contribution in [2.75, 3.05) is 19.8 Å². The van der Waals surface area contributed by atoms with E-state index < -0.39 is 61.1 Å². The van der Waals surface area contributed by atoms with E-state index in [0.29, 0.717) is 0 Å². The lowest BCUT2D eigenvalue weighted by atomic mass is 9.88. The maximum absolute atomic E-state index is 13.7. The summed E-state index contributed by atoms with van der Waals surface area (Å²) in [7, 11) is 0. The Labute approximate surface area is 290 Å². The highest BCUT2D eigenvalue weighted by molar-refractivity contribution is 5.91. The molecule has 0 saturated carbocycles. The van der Waals surface area contributed by atoms with Crippen molar-refractivity contribution < 1.29 is 42.9 Å². The van der Waals surface area contributed by atoms with E-state index in [9.17, 15) is 29.7 Å². The molecule has 1 heterocycles. The fourth-order valence-corrected chi connectivity index (χ4v) is 5.23. The molecule has 4 atom stereocenters. The van der Waals surface area contributed by atoms with Crippen LogP contribution in [-0.4, -0.2) is 72.6 Å². The van der Waals surface area contributed by atoms with Gasteiger partial charge in [0.05, 0.1) is 41.0 Å². The predicted octanol–water partition coefficient (Wildman–Crippen LogP) is 5.77. The third-order valence-electron chi connectivity index (χ3n) is 7.97. The maximum Gasteiger partial charge on any atom is 0.414 e. The van der Waals surface area contributed by atoms with E-state index in [1.807, 2.05) is 32.9 Å². The molecule has 4 rings (SSSR count). The molecule has 1 amide bonds. The number of rotatable bonds is 11. The minimum atomic E-state index is -1.95. The van der Waals surface area contributed by atoms with Crippen molar-refractivity contribution in [3.63, 3.8) is 0 Å². The lowest BCUT2D eigenvalue weighted by Gasteiger charge is -2.34. The van der Waals surface area contributed by atoms with Crippen LogP contribution in [0.3, 0.4) is 0 Å². The van der Waals surface area contributed by atoms with E-state index in [4.69, 9.17) is 23.7 Å². The summed E-state index contributed by atoms with van der Waals surface area (Å²) < 4.78 is 29.1. The molecule has 1 saturated heterocycles. The van der Waals surface area contributed by atoms with E-state index in [1.54, 1.807) is 79.7 Å². The number of amides is 1. The van der Waals surface area contributed by atoms with Gasteiger partial charge in [0.15, 0.2) is 11.7 Å². The van der Waals surface area contributed by atoms with Crippen LogP contribution in [0.25, 0.3) is 0 Å². The Balaban J connectivity index is 1.80. The second-order valence-electron chi connectivity index (χ2n) is 11.8. The first-order valence-corrected chi connectivity index (χ1v) is 15.8. The highest BCUT2D eigenvalue weighted by Crippen LogP contribution is 2.41. The zero-order valence-electron chi connectivity index (χ0n) is 28.4. The summed E-state index contributed by atoms with van der Waals surface area (Å²) in [5.74, 6) is -2.32. The number of nitrogens with zero attached hydrogens (tertiary/aromatic N) is 3. The average molecular weight is 680 g/mol. The van der Waals surface area contributed by atoms with E-state index in [1.165, 1.54) is 6.92 Å². The van der Waals surface area contributed by atoms with Crippen molar-refractivity contribution in [3.05, 3.63) is 118 Å². The fraction of sp³-hybridized carbons (Fsp3) is 0.316. The molecular formula is C38H37N3O9. The van der Waals surface area contributed by atoms with Gasteiger partial charge in [-0.2, -0.15) is 10.5 Å². The van der Waals surface area contributed by atoms with Gasteiger partial charge in [-0.05, 0) is 71.0 Å². The number of carbonyl (C=O) groups excluding carboxylic acids is 4. The lowest BCUT2D eigenvalue weighted by molar-refractivity contribution is -0.0820. The van der Waals surface area contributed by atoms with Gasteiger partial charge in [0.2, 0.25) is 0 Å². The van der Waals surface area contributed by atoms with Gasteiger partial charge in [0.25, 0.3) is 0 Å². The zero-order chi connectivity index (χ0) is 36.4. The maximum atomic E-state index is 13.7. The number of esters is 3. The summed E-state index contributed by atoms with van der Waals surface area (Å²) in [5, 5.41) is 19.8. The summed E-state index contributed by atoms with van der Waals surface area (Å²) in [6.45, 7) is 7.59. The molecule has 3 aromatic rings. The fourth-order valence-electron chi connectivity index (χ4n) is 5.23. The van der Waals surface area contributed by atoms with Crippen molar-refractivity contribution in [1.29, 1.82) is 10.5 Å². The first-order valence-electron chi connectivity index (χ1n) is 15.8. The van der Waals surface area contributed by atoms with E-state index >= 15 is 0 Å². The molecule has 1 aliphatic rings. The lowest BCUT2D eigenvalue weighted by Crippen LogP contribution is -2.52. The van der Waals surface area contributed by atoms with Gasteiger partial charge < -0.3 is 23.7 Å². The van der Waals surface area contributed by atoms with Crippen LogP contribution in [0.4, 0.5) is 4.79 Å². The molecule has 0 N–H and O–H groups in total. The van der Waals surface area contributed by atoms with Crippen LogP contribution in [-0.2, 0) is 23.7 Å². The number of hydrogen-bond acceptors (Lipinski definition) is 11. The molecule has 50 heavy (non-hydrogen) atoms. The molecule has 3 aromatic carbocycles. The van der Waals surface area contributed by atoms with E-state index in [2.05, 4.69) is 0 Å². The molecule has 12 nitrogen and oxygen atoms in total. The minimum absolute atomic E-state index is 0.00619. The number of aryl methyl sites for hydroxylation is 3. The van der Waals surface area contributed by atoms with Crippen molar-refractivity contribution in [3.8, 4) is 12.1 Å². The number of benzene rings is 3. The van der Waals surface area contributed by atoms with Gasteiger partial charge in [0, 0.05) is 6.20 Å². The summed E-state index contributed by atoms with van der Waals surface area (Å²) in [6, 6.07) is 23.6. The zero-order valence-corrected chi connectivity index (χ0v) is 28.4. The molecule has 258 valence electrons. The van der Waals surface area contributed by atoms with Crippen molar-refractivity contribution >= 4 is 24.0 Å². The van der Waals surface area contributed by atoms with Gasteiger partial charge in [0.1, 0.15) is 25.4 Å². The number of carbonyl (C=O) groups is 4. The Hall–Kier alpha value is -5.98. The summed E-state index contributed by atoms with van der Waals surface area (Å²) >= 11 is 0. The van der Waals surface area contributed by atoms with E-state index in [0.717, 1.165) is 27.8 Å². The highest BCUT2D eigenvalue weighted by Gasteiger charge is 2.61. The Bertz CT molecular complexity index is 1820. The van der Waals surface area contributed by atoms with Crippen LogP contribution < -0.4 is 0 Å². The topological polar surface area (TPSA) is 165 Å².